The summed E-state index contributed by atoms with van der Waals surface area (Å²) in [7, 11) is 0. The maximum atomic E-state index is 15.5. The fourth-order valence-corrected chi connectivity index (χ4v) is 5.35. The first-order valence-corrected chi connectivity index (χ1v) is 12.6. The molecule has 1 aliphatic rings. The largest absolute Gasteiger partial charge is 0.396 e. The van der Waals surface area contributed by atoms with Gasteiger partial charge in [-0.05, 0) is 54.0 Å². The van der Waals surface area contributed by atoms with Crippen LogP contribution in [0.4, 0.5) is 4.39 Å². The third-order valence-corrected chi connectivity index (χ3v) is 7.10. The van der Waals surface area contributed by atoms with Gasteiger partial charge in [0.05, 0.1) is 17.1 Å². The van der Waals surface area contributed by atoms with Crippen molar-refractivity contribution in [2.75, 3.05) is 13.2 Å². The van der Waals surface area contributed by atoms with Crippen molar-refractivity contribution >= 4 is 29.1 Å². The summed E-state index contributed by atoms with van der Waals surface area (Å²) >= 11 is 12.3. The van der Waals surface area contributed by atoms with E-state index in [1.54, 1.807) is 36.4 Å². The lowest BCUT2D eigenvalue weighted by Crippen LogP contribution is -2.45. The number of hydrogen-bond acceptors (Lipinski definition) is 4. The van der Waals surface area contributed by atoms with E-state index in [0.29, 0.717) is 36.4 Å². The summed E-state index contributed by atoms with van der Waals surface area (Å²) in [6.07, 6.45) is 1.73. The van der Waals surface area contributed by atoms with Gasteiger partial charge in [0, 0.05) is 30.1 Å². The smallest absolute Gasteiger partial charge is 0.237 e. The molecule has 188 valence electrons. The maximum absolute atomic E-state index is 15.5. The molecule has 0 bridgehead atoms. The van der Waals surface area contributed by atoms with Crippen molar-refractivity contribution in [2.45, 2.75) is 63.5 Å². The third-order valence-electron chi connectivity index (χ3n) is 6.56. The van der Waals surface area contributed by atoms with Crippen molar-refractivity contribution < 1.29 is 14.3 Å². The Balaban J connectivity index is 2.21. The number of carbonyl (C=O) groups is 1. The molecule has 0 spiro atoms. The highest BCUT2D eigenvalue weighted by Crippen LogP contribution is 2.52. The zero-order valence-corrected chi connectivity index (χ0v) is 21.8. The highest BCUT2D eigenvalue weighted by Gasteiger charge is 2.60. The number of nitrogens with zero attached hydrogens (tertiary/aromatic N) is 1. The van der Waals surface area contributed by atoms with Gasteiger partial charge in [-0.1, -0.05) is 68.2 Å². The van der Waals surface area contributed by atoms with Crippen molar-refractivity contribution in [3.8, 4) is 6.07 Å². The highest BCUT2D eigenvalue weighted by molar-refractivity contribution is 6.31. The molecule has 1 heterocycles. The van der Waals surface area contributed by atoms with E-state index in [9.17, 15) is 10.1 Å². The number of nitrogens with one attached hydrogen (secondary N) is 2. The number of benzene rings is 2. The molecular weight excluding hydrogens is 488 g/mol. The molecule has 1 fully saturated rings. The summed E-state index contributed by atoms with van der Waals surface area (Å²) in [5.41, 5.74) is -0.577. The van der Waals surface area contributed by atoms with E-state index in [1.165, 1.54) is 6.07 Å². The quantitative estimate of drug-likeness (QED) is 0.410. The fourth-order valence-electron chi connectivity index (χ4n) is 5.05. The molecular formula is C27H32Cl2FN3O2. The van der Waals surface area contributed by atoms with Crippen LogP contribution >= 0.6 is 23.2 Å². The van der Waals surface area contributed by atoms with Gasteiger partial charge in [0.25, 0.3) is 0 Å². The first kappa shape index (κ1) is 27.4. The zero-order valence-electron chi connectivity index (χ0n) is 20.2. The first-order valence-electron chi connectivity index (χ1n) is 11.8. The topological polar surface area (TPSA) is 85.2 Å². The minimum absolute atomic E-state index is 0.0374. The zero-order chi connectivity index (χ0) is 25.8. The number of nitriles is 1. The van der Waals surface area contributed by atoms with Crippen molar-refractivity contribution in [1.29, 1.82) is 5.26 Å². The summed E-state index contributed by atoms with van der Waals surface area (Å²) in [4.78, 5) is 13.5. The van der Waals surface area contributed by atoms with Crippen LogP contribution in [0.1, 0.15) is 57.1 Å². The molecule has 0 unspecified atom stereocenters. The SMILES string of the molecule is CC(C)(C)C[C@@H]1N[C@@H](C(=O)NCCCCO)[C@H](c2cccc(Cl)c2F)[C@@]1(C#N)c1ccc(Cl)cc1. The van der Waals surface area contributed by atoms with E-state index >= 15 is 4.39 Å². The molecule has 2 aromatic carbocycles. The maximum Gasteiger partial charge on any atom is 0.237 e. The molecule has 0 aromatic heterocycles. The molecule has 3 rings (SSSR count). The Morgan fingerprint density at radius 2 is 1.89 bits per heavy atom. The molecule has 1 saturated heterocycles. The molecule has 35 heavy (non-hydrogen) atoms. The van der Waals surface area contributed by atoms with Gasteiger partial charge in [-0.3, -0.25) is 4.79 Å². The molecule has 0 aliphatic carbocycles. The summed E-state index contributed by atoms with van der Waals surface area (Å²) in [6.45, 7) is 6.60. The van der Waals surface area contributed by atoms with Gasteiger partial charge in [0.2, 0.25) is 5.91 Å². The number of rotatable bonds is 8. The van der Waals surface area contributed by atoms with Crippen LogP contribution in [0.15, 0.2) is 42.5 Å². The van der Waals surface area contributed by atoms with E-state index < -0.39 is 29.2 Å². The van der Waals surface area contributed by atoms with Crippen LogP contribution in [0.3, 0.4) is 0 Å². The molecule has 2 aromatic rings. The summed E-state index contributed by atoms with van der Waals surface area (Å²) in [5, 5.41) is 26.6. The number of aliphatic hydroxyl groups is 1. The minimum Gasteiger partial charge on any atom is -0.396 e. The molecule has 0 saturated carbocycles. The van der Waals surface area contributed by atoms with E-state index in [-0.39, 0.29) is 28.5 Å². The molecule has 5 nitrogen and oxygen atoms in total. The van der Waals surface area contributed by atoms with Crippen molar-refractivity contribution in [3.05, 3.63) is 69.5 Å². The second kappa shape index (κ2) is 11.3. The number of aliphatic hydroxyl groups excluding tert-OH is 1. The van der Waals surface area contributed by atoms with E-state index in [0.717, 1.165) is 0 Å². The highest BCUT2D eigenvalue weighted by atomic mass is 35.5. The molecule has 4 atom stereocenters. The van der Waals surface area contributed by atoms with Gasteiger partial charge in [0.15, 0.2) is 0 Å². The van der Waals surface area contributed by atoms with Gasteiger partial charge >= 0.3 is 0 Å². The van der Waals surface area contributed by atoms with Crippen LogP contribution in [0.5, 0.6) is 0 Å². The minimum atomic E-state index is -1.27. The van der Waals surface area contributed by atoms with Gasteiger partial charge in [-0.2, -0.15) is 5.26 Å². The van der Waals surface area contributed by atoms with Crippen molar-refractivity contribution in [2.24, 2.45) is 5.41 Å². The normalized spacial score (nSPS) is 24.2. The van der Waals surface area contributed by atoms with E-state index in [1.807, 2.05) is 0 Å². The number of unbranched alkanes of at least 4 members (excludes halogenated alkanes) is 1. The lowest BCUT2D eigenvalue weighted by atomic mass is 9.63. The second-order valence-corrected chi connectivity index (χ2v) is 11.1. The molecule has 8 heteroatoms. The predicted octanol–water partition coefficient (Wildman–Crippen LogP) is 5.34. The first-order chi connectivity index (χ1) is 16.5. The van der Waals surface area contributed by atoms with Crippen LogP contribution in [0.25, 0.3) is 0 Å². The van der Waals surface area contributed by atoms with E-state index in [2.05, 4.69) is 37.5 Å². The molecule has 0 radical (unpaired) electrons. The average molecular weight is 520 g/mol. The molecule has 1 amide bonds. The third kappa shape index (κ3) is 5.81. The monoisotopic (exact) mass is 519 g/mol. The van der Waals surface area contributed by atoms with Crippen LogP contribution in [-0.4, -0.2) is 36.2 Å². The van der Waals surface area contributed by atoms with Crippen LogP contribution < -0.4 is 10.6 Å². The number of carbonyl (C=O) groups excluding carboxylic acids is 1. The van der Waals surface area contributed by atoms with Gasteiger partial charge < -0.3 is 15.7 Å². The van der Waals surface area contributed by atoms with Gasteiger partial charge in [0.1, 0.15) is 11.2 Å². The fraction of sp³-hybridized carbons (Fsp3) is 0.481. The van der Waals surface area contributed by atoms with Gasteiger partial charge in [-0.15, -0.1) is 0 Å². The Hall–Kier alpha value is -2.17. The Labute approximate surface area is 216 Å². The second-order valence-electron chi connectivity index (χ2n) is 10.3. The summed E-state index contributed by atoms with van der Waals surface area (Å²) < 4.78 is 15.5. The average Bonchev–Trinajstić information content (AvgIpc) is 3.12. The molecule has 3 N–H and O–H groups in total. The number of halogens is 3. The Morgan fingerprint density at radius 3 is 2.49 bits per heavy atom. The van der Waals surface area contributed by atoms with Crippen molar-refractivity contribution in [3.63, 3.8) is 0 Å². The van der Waals surface area contributed by atoms with Gasteiger partial charge in [-0.25, -0.2) is 4.39 Å². The Kier molecular flexibility index (Phi) is 8.82. The lowest BCUT2D eigenvalue weighted by Gasteiger charge is -2.37. The van der Waals surface area contributed by atoms with Crippen LogP contribution in [-0.2, 0) is 10.2 Å². The summed E-state index contributed by atoms with van der Waals surface area (Å²) in [6, 6.07) is 12.8. The van der Waals surface area contributed by atoms with Crippen molar-refractivity contribution in [1.82, 2.24) is 10.6 Å². The lowest BCUT2D eigenvalue weighted by molar-refractivity contribution is -0.123. The van der Waals surface area contributed by atoms with Crippen LogP contribution in [0, 0.1) is 22.6 Å². The number of hydrogen-bond donors (Lipinski definition) is 3. The summed E-state index contributed by atoms with van der Waals surface area (Å²) in [5.74, 6) is -1.81. The Bertz CT molecular complexity index is 1080. The number of amides is 1. The molecule has 1 aliphatic heterocycles. The Morgan fingerprint density at radius 1 is 1.20 bits per heavy atom. The predicted molar refractivity (Wildman–Crippen MR) is 137 cm³/mol. The van der Waals surface area contributed by atoms with E-state index in [4.69, 9.17) is 28.3 Å². The standard InChI is InChI=1S/C27H32Cl2FN3O2/c1-26(2,3)15-21-27(16-31,17-9-11-18(28)12-10-17)22(19-7-6-8-20(29)23(19)30)24(33-21)25(35)32-13-4-5-14-34/h6-12,21-22,24,33-34H,4-5,13-15H2,1-3H3,(H,32,35)/t21-,22-,24+,27-/m0/s1. The van der Waals surface area contributed by atoms with Crippen LogP contribution in [0.2, 0.25) is 10.0 Å².